The van der Waals surface area contributed by atoms with Gasteiger partial charge in [0, 0.05) is 45.1 Å². The molecule has 0 bridgehead atoms. The average Bonchev–Trinajstić information content (AvgIpc) is 3.41. The second-order valence-electron chi connectivity index (χ2n) is 8.07. The highest BCUT2D eigenvalue weighted by Crippen LogP contribution is 2.31. The molecule has 1 aromatic carbocycles. The van der Waals surface area contributed by atoms with Gasteiger partial charge < -0.3 is 9.47 Å². The van der Waals surface area contributed by atoms with Gasteiger partial charge in [0.2, 0.25) is 15.9 Å². The maximum Gasteiger partial charge on any atom is 0.244 e. The van der Waals surface area contributed by atoms with E-state index in [-0.39, 0.29) is 35.5 Å². The molecule has 164 valence electrons. The summed E-state index contributed by atoms with van der Waals surface area (Å²) in [5.74, 6) is 0.0376. The van der Waals surface area contributed by atoms with Crippen LogP contribution in [0.1, 0.15) is 30.1 Å². The van der Waals surface area contributed by atoms with Crippen LogP contribution in [0, 0.1) is 11.3 Å². The minimum absolute atomic E-state index is 0.0275. The number of carbonyl (C=O) groups is 1. The van der Waals surface area contributed by atoms with E-state index < -0.39 is 10.0 Å². The quantitative estimate of drug-likeness (QED) is 0.703. The van der Waals surface area contributed by atoms with Crippen molar-refractivity contribution in [2.45, 2.75) is 23.8 Å². The van der Waals surface area contributed by atoms with Crippen molar-refractivity contribution in [2.75, 3.05) is 39.3 Å². The van der Waals surface area contributed by atoms with Gasteiger partial charge in [-0.15, -0.1) is 0 Å². The summed E-state index contributed by atoms with van der Waals surface area (Å²) >= 11 is 0. The Labute approximate surface area is 183 Å². The van der Waals surface area contributed by atoms with E-state index in [9.17, 15) is 18.5 Å². The zero-order valence-electron chi connectivity index (χ0n) is 17.6. The molecule has 2 saturated heterocycles. The summed E-state index contributed by atoms with van der Waals surface area (Å²) in [5.41, 5.74) is 1.36. The number of hydrogen-bond acceptors (Lipinski definition) is 5. The fourth-order valence-corrected chi connectivity index (χ4v) is 6.11. The zero-order chi connectivity index (χ0) is 22.0. The molecule has 31 heavy (non-hydrogen) atoms. The Morgan fingerprint density at radius 1 is 1.10 bits per heavy atom. The predicted molar refractivity (Wildman–Crippen MR) is 115 cm³/mol. The molecule has 0 saturated carbocycles. The SMILES string of the molecule is Cn1cccc1C1CCCN1CC(=O)N1CCN(S(=O)(=O)c2ccccc2C#N)CC1. The largest absolute Gasteiger partial charge is 0.353 e. The molecule has 3 heterocycles. The van der Waals surface area contributed by atoms with Crippen LogP contribution in [0.25, 0.3) is 0 Å². The highest BCUT2D eigenvalue weighted by Gasteiger charge is 2.34. The number of likely N-dealkylation sites (tertiary alicyclic amines) is 1. The molecule has 0 spiro atoms. The molecule has 1 aromatic heterocycles. The van der Waals surface area contributed by atoms with Crippen molar-refractivity contribution in [3.8, 4) is 6.07 Å². The average molecular weight is 442 g/mol. The maximum atomic E-state index is 13.0. The van der Waals surface area contributed by atoms with Crippen LogP contribution in [0.4, 0.5) is 0 Å². The third-order valence-electron chi connectivity index (χ3n) is 6.24. The standard InChI is InChI=1S/C22H27N5O3S/c1-24-10-4-7-19(24)20-8-5-11-26(20)17-22(28)25-12-14-27(15-13-25)31(29,30)21-9-3-2-6-18(21)16-23/h2-4,6-7,9-10,20H,5,8,11-15,17H2,1H3. The van der Waals surface area contributed by atoms with Crippen LogP contribution in [0.15, 0.2) is 47.5 Å². The van der Waals surface area contributed by atoms with E-state index in [1.165, 1.54) is 22.1 Å². The molecule has 1 unspecified atom stereocenters. The molecule has 9 heteroatoms. The van der Waals surface area contributed by atoms with Crippen LogP contribution in [0.2, 0.25) is 0 Å². The van der Waals surface area contributed by atoms with E-state index in [1.807, 2.05) is 25.4 Å². The number of amides is 1. The number of sulfonamides is 1. The van der Waals surface area contributed by atoms with Gasteiger partial charge >= 0.3 is 0 Å². The number of hydrogen-bond donors (Lipinski definition) is 0. The smallest absolute Gasteiger partial charge is 0.244 e. The van der Waals surface area contributed by atoms with Gasteiger partial charge in [0.05, 0.1) is 23.0 Å². The summed E-state index contributed by atoms with van der Waals surface area (Å²) in [6.07, 6.45) is 4.13. The molecule has 1 amide bonds. The molecule has 1 atom stereocenters. The Bertz CT molecular complexity index is 1100. The Balaban J connectivity index is 1.38. The molecule has 0 radical (unpaired) electrons. The minimum atomic E-state index is -3.76. The number of carbonyl (C=O) groups excluding carboxylic acids is 1. The second-order valence-corrected chi connectivity index (χ2v) is 9.97. The molecule has 4 rings (SSSR count). The lowest BCUT2D eigenvalue weighted by Gasteiger charge is -2.35. The van der Waals surface area contributed by atoms with E-state index >= 15 is 0 Å². The minimum Gasteiger partial charge on any atom is -0.353 e. The molecule has 2 aliphatic heterocycles. The Morgan fingerprint density at radius 3 is 2.52 bits per heavy atom. The first-order valence-corrected chi connectivity index (χ1v) is 12.0. The van der Waals surface area contributed by atoms with Crippen LogP contribution in [0.3, 0.4) is 0 Å². The van der Waals surface area contributed by atoms with Gasteiger partial charge in [0.1, 0.15) is 6.07 Å². The number of aromatic nitrogens is 1. The summed E-state index contributed by atoms with van der Waals surface area (Å²) in [5, 5.41) is 9.25. The summed E-state index contributed by atoms with van der Waals surface area (Å²) in [7, 11) is -1.73. The van der Waals surface area contributed by atoms with Crippen LogP contribution in [-0.4, -0.2) is 72.3 Å². The van der Waals surface area contributed by atoms with Crippen molar-refractivity contribution < 1.29 is 13.2 Å². The number of nitriles is 1. The molecule has 2 fully saturated rings. The van der Waals surface area contributed by atoms with Crippen LogP contribution < -0.4 is 0 Å². The van der Waals surface area contributed by atoms with Crippen LogP contribution in [-0.2, 0) is 21.9 Å². The van der Waals surface area contributed by atoms with Gasteiger partial charge in [-0.25, -0.2) is 8.42 Å². The molecular formula is C22H27N5O3S. The summed E-state index contributed by atoms with van der Waals surface area (Å²) in [6.45, 7) is 2.41. The zero-order valence-corrected chi connectivity index (χ0v) is 18.5. The monoisotopic (exact) mass is 441 g/mol. The first-order valence-electron chi connectivity index (χ1n) is 10.5. The van der Waals surface area contributed by atoms with Gasteiger partial charge in [-0.3, -0.25) is 9.69 Å². The summed E-state index contributed by atoms with van der Waals surface area (Å²) in [6, 6.07) is 12.6. The van der Waals surface area contributed by atoms with Gasteiger partial charge in [-0.05, 0) is 43.7 Å². The topological polar surface area (TPSA) is 89.7 Å². The third-order valence-corrected chi connectivity index (χ3v) is 8.20. The van der Waals surface area contributed by atoms with Gasteiger partial charge in [0.15, 0.2) is 0 Å². The third kappa shape index (κ3) is 4.24. The van der Waals surface area contributed by atoms with E-state index in [1.54, 1.807) is 17.0 Å². The Kier molecular flexibility index (Phi) is 6.14. The van der Waals surface area contributed by atoms with E-state index in [0.717, 1.165) is 19.4 Å². The number of rotatable bonds is 5. The molecule has 0 aliphatic carbocycles. The highest BCUT2D eigenvalue weighted by molar-refractivity contribution is 7.89. The molecule has 8 nitrogen and oxygen atoms in total. The summed E-state index contributed by atoms with van der Waals surface area (Å²) in [4.78, 5) is 17.0. The predicted octanol–water partition coefficient (Wildman–Crippen LogP) is 1.57. The second kappa shape index (κ2) is 8.83. The normalized spacial score (nSPS) is 20.6. The van der Waals surface area contributed by atoms with Crippen molar-refractivity contribution in [2.24, 2.45) is 7.05 Å². The molecule has 2 aliphatic rings. The Morgan fingerprint density at radius 2 is 1.84 bits per heavy atom. The van der Waals surface area contributed by atoms with Gasteiger partial charge in [0.25, 0.3) is 0 Å². The van der Waals surface area contributed by atoms with E-state index in [0.29, 0.717) is 19.6 Å². The number of benzene rings is 1. The number of piperazine rings is 1. The molecule has 2 aromatic rings. The first-order chi connectivity index (χ1) is 14.9. The molecular weight excluding hydrogens is 414 g/mol. The van der Waals surface area contributed by atoms with Crippen molar-refractivity contribution in [1.29, 1.82) is 5.26 Å². The highest BCUT2D eigenvalue weighted by atomic mass is 32.2. The van der Waals surface area contributed by atoms with Crippen molar-refractivity contribution in [3.63, 3.8) is 0 Å². The van der Waals surface area contributed by atoms with Crippen molar-refractivity contribution in [1.82, 2.24) is 18.7 Å². The number of nitrogens with zero attached hydrogens (tertiary/aromatic N) is 5. The van der Waals surface area contributed by atoms with Crippen LogP contribution in [0.5, 0.6) is 0 Å². The fourth-order valence-electron chi connectivity index (χ4n) is 4.55. The van der Waals surface area contributed by atoms with Crippen molar-refractivity contribution >= 4 is 15.9 Å². The first kappa shape index (κ1) is 21.6. The lowest BCUT2D eigenvalue weighted by atomic mass is 10.1. The van der Waals surface area contributed by atoms with Gasteiger partial charge in [-0.2, -0.15) is 9.57 Å². The van der Waals surface area contributed by atoms with E-state index in [2.05, 4.69) is 15.5 Å². The lowest BCUT2D eigenvalue weighted by Crippen LogP contribution is -2.52. The lowest BCUT2D eigenvalue weighted by molar-refractivity contribution is -0.133. The van der Waals surface area contributed by atoms with Gasteiger partial charge in [-0.1, -0.05) is 12.1 Å². The summed E-state index contributed by atoms with van der Waals surface area (Å²) < 4.78 is 29.5. The van der Waals surface area contributed by atoms with E-state index in [4.69, 9.17) is 0 Å². The van der Waals surface area contributed by atoms with Crippen LogP contribution >= 0.6 is 0 Å². The van der Waals surface area contributed by atoms with Crippen molar-refractivity contribution in [3.05, 3.63) is 53.9 Å². The molecule has 0 N–H and O–H groups in total. The maximum absolute atomic E-state index is 13.0. The Hall–Kier alpha value is -2.67. The fraction of sp³-hybridized carbons (Fsp3) is 0.455. The number of aryl methyl sites for hydroxylation is 1.